The van der Waals surface area contributed by atoms with E-state index < -0.39 is 10.0 Å². The zero-order valence-corrected chi connectivity index (χ0v) is 12.5. The number of sulfonamides is 1. The highest BCUT2D eigenvalue weighted by Crippen LogP contribution is 2.15. The molecule has 108 valence electrons. The number of rotatable bonds is 4. The van der Waals surface area contributed by atoms with Crippen molar-refractivity contribution in [2.24, 2.45) is 5.92 Å². The molecular weight excluding hydrogens is 264 g/mol. The van der Waals surface area contributed by atoms with Gasteiger partial charge in [-0.2, -0.15) is 4.31 Å². The fraction of sp³-hybridized carbons (Fsp3) is 0.750. The van der Waals surface area contributed by atoms with Crippen LogP contribution in [0.2, 0.25) is 0 Å². The van der Waals surface area contributed by atoms with E-state index in [0.29, 0.717) is 25.6 Å². The largest absolute Gasteiger partial charge is 0.336 e. The van der Waals surface area contributed by atoms with Gasteiger partial charge >= 0.3 is 0 Å². The molecule has 0 amide bonds. The van der Waals surface area contributed by atoms with Gasteiger partial charge in [-0.1, -0.05) is 13.8 Å². The molecule has 0 saturated carbocycles. The van der Waals surface area contributed by atoms with Crippen molar-refractivity contribution in [3.05, 3.63) is 12.5 Å². The van der Waals surface area contributed by atoms with Crippen LogP contribution in [0, 0.1) is 5.92 Å². The third kappa shape index (κ3) is 3.34. The smallest absolute Gasteiger partial charge is 0.262 e. The Bertz CT molecular complexity index is 524. The summed E-state index contributed by atoms with van der Waals surface area (Å²) in [6.45, 7) is 8.63. The van der Waals surface area contributed by atoms with Gasteiger partial charge in [-0.15, -0.1) is 0 Å². The molecule has 0 spiro atoms. The Hall–Kier alpha value is -0.920. The Morgan fingerprint density at radius 1 is 1.53 bits per heavy atom. The Balaban J connectivity index is 2.17. The monoisotopic (exact) mass is 286 g/mol. The van der Waals surface area contributed by atoms with Crippen LogP contribution >= 0.6 is 0 Å². The topological polar surface area (TPSA) is 67.2 Å². The van der Waals surface area contributed by atoms with Crippen LogP contribution in [-0.2, 0) is 16.6 Å². The molecule has 0 aliphatic carbocycles. The lowest BCUT2D eigenvalue weighted by molar-refractivity contribution is 0.309. The molecule has 2 rings (SSSR count). The van der Waals surface area contributed by atoms with Gasteiger partial charge in [0.15, 0.2) is 5.03 Å². The van der Waals surface area contributed by atoms with E-state index in [2.05, 4.69) is 24.1 Å². The Morgan fingerprint density at radius 3 is 2.89 bits per heavy atom. The summed E-state index contributed by atoms with van der Waals surface area (Å²) in [6, 6.07) is 0.182. The van der Waals surface area contributed by atoms with Crippen LogP contribution in [0.1, 0.15) is 20.8 Å². The number of piperazine rings is 1. The maximum Gasteiger partial charge on any atom is 0.262 e. The van der Waals surface area contributed by atoms with E-state index in [1.54, 1.807) is 12.5 Å². The van der Waals surface area contributed by atoms with Crippen molar-refractivity contribution in [2.75, 3.05) is 19.6 Å². The van der Waals surface area contributed by atoms with Gasteiger partial charge < -0.3 is 9.88 Å². The van der Waals surface area contributed by atoms with Crippen molar-refractivity contribution in [3.8, 4) is 0 Å². The number of nitrogens with one attached hydrogen (secondary N) is 1. The summed E-state index contributed by atoms with van der Waals surface area (Å²) in [6.07, 6.45) is 3.22. The normalized spacial score (nSPS) is 22.0. The van der Waals surface area contributed by atoms with Gasteiger partial charge in [0.1, 0.15) is 0 Å². The first-order chi connectivity index (χ1) is 8.89. The molecule has 1 aromatic rings. The third-order valence-electron chi connectivity index (χ3n) is 3.12. The van der Waals surface area contributed by atoms with Gasteiger partial charge in [-0.3, -0.25) is 0 Å². The maximum atomic E-state index is 12.5. The molecule has 1 aliphatic heterocycles. The van der Waals surface area contributed by atoms with E-state index in [1.807, 2.05) is 11.5 Å². The molecule has 1 N–H and O–H groups in total. The lowest BCUT2D eigenvalue weighted by atomic mass is 10.2. The van der Waals surface area contributed by atoms with Crippen LogP contribution in [0.5, 0.6) is 0 Å². The van der Waals surface area contributed by atoms with E-state index in [9.17, 15) is 8.42 Å². The minimum Gasteiger partial charge on any atom is -0.336 e. The van der Waals surface area contributed by atoms with Crippen molar-refractivity contribution in [2.45, 2.75) is 38.4 Å². The second-order valence-electron chi connectivity index (χ2n) is 5.52. The third-order valence-corrected chi connectivity index (χ3v) is 4.87. The van der Waals surface area contributed by atoms with Crippen molar-refractivity contribution in [1.82, 2.24) is 19.2 Å². The number of imidazole rings is 1. The predicted molar refractivity (Wildman–Crippen MR) is 73.3 cm³/mol. The number of aromatic nitrogens is 2. The number of nitrogens with zero attached hydrogens (tertiary/aromatic N) is 3. The molecule has 1 aromatic heterocycles. The summed E-state index contributed by atoms with van der Waals surface area (Å²) in [5, 5.41) is 3.39. The molecular formula is C12H22N4O2S. The molecule has 1 fully saturated rings. The summed E-state index contributed by atoms with van der Waals surface area (Å²) < 4.78 is 28.3. The van der Waals surface area contributed by atoms with E-state index >= 15 is 0 Å². The van der Waals surface area contributed by atoms with Gasteiger partial charge in [0, 0.05) is 38.4 Å². The SMILES string of the molecule is CC(C)Cn1cnc(S(=O)(=O)N2CCNC(C)C2)c1. The predicted octanol–water partition coefficient (Wildman–Crippen LogP) is 0.522. The Kier molecular flexibility index (Phi) is 4.27. The fourth-order valence-electron chi connectivity index (χ4n) is 2.24. The van der Waals surface area contributed by atoms with Crippen LogP contribution in [0.25, 0.3) is 0 Å². The summed E-state index contributed by atoms with van der Waals surface area (Å²) in [5.41, 5.74) is 0. The van der Waals surface area contributed by atoms with E-state index in [4.69, 9.17) is 0 Å². The van der Waals surface area contributed by atoms with Gasteiger partial charge in [-0.05, 0) is 12.8 Å². The van der Waals surface area contributed by atoms with Gasteiger partial charge in [-0.25, -0.2) is 13.4 Å². The Labute approximate surface area is 114 Å². The molecule has 2 heterocycles. The lowest BCUT2D eigenvalue weighted by Crippen LogP contribution is -2.51. The van der Waals surface area contributed by atoms with Crippen molar-refractivity contribution < 1.29 is 8.42 Å². The van der Waals surface area contributed by atoms with Gasteiger partial charge in [0.25, 0.3) is 10.0 Å². The van der Waals surface area contributed by atoms with Crippen LogP contribution in [-0.4, -0.2) is 48.0 Å². The quantitative estimate of drug-likeness (QED) is 0.876. The van der Waals surface area contributed by atoms with Gasteiger partial charge in [0.05, 0.1) is 6.33 Å². The molecule has 7 heteroatoms. The van der Waals surface area contributed by atoms with Crippen LogP contribution in [0.4, 0.5) is 0 Å². The van der Waals surface area contributed by atoms with Crippen molar-refractivity contribution in [3.63, 3.8) is 0 Å². The van der Waals surface area contributed by atoms with E-state index in [-0.39, 0.29) is 11.1 Å². The molecule has 1 atom stereocenters. The molecule has 1 aliphatic rings. The molecule has 1 saturated heterocycles. The molecule has 19 heavy (non-hydrogen) atoms. The second kappa shape index (κ2) is 5.60. The van der Waals surface area contributed by atoms with E-state index in [1.165, 1.54) is 4.31 Å². The average molecular weight is 286 g/mol. The minimum absolute atomic E-state index is 0.155. The highest BCUT2D eigenvalue weighted by atomic mass is 32.2. The minimum atomic E-state index is -3.45. The summed E-state index contributed by atoms with van der Waals surface area (Å²) >= 11 is 0. The summed E-state index contributed by atoms with van der Waals surface area (Å²) in [4.78, 5) is 4.05. The Morgan fingerprint density at radius 2 is 2.26 bits per heavy atom. The van der Waals surface area contributed by atoms with Crippen molar-refractivity contribution in [1.29, 1.82) is 0 Å². The lowest BCUT2D eigenvalue weighted by Gasteiger charge is -2.30. The van der Waals surface area contributed by atoms with Crippen LogP contribution in [0.15, 0.2) is 17.6 Å². The summed E-state index contributed by atoms with van der Waals surface area (Å²) in [5.74, 6) is 0.462. The maximum absolute atomic E-state index is 12.5. The highest BCUT2D eigenvalue weighted by molar-refractivity contribution is 7.89. The zero-order valence-electron chi connectivity index (χ0n) is 11.7. The highest BCUT2D eigenvalue weighted by Gasteiger charge is 2.30. The molecule has 0 bridgehead atoms. The second-order valence-corrected chi connectivity index (χ2v) is 7.41. The summed E-state index contributed by atoms with van der Waals surface area (Å²) in [7, 11) is -3.45. The first-order valence-electron chi connectivity index (χ1n) is 6.65. The van der Waals surface area contributed by atoms with Crippen LogP contribution in [0.3, 0.4) is 0 Å². The standard InChI is InChI=1S/C12H22N4O2S/c1-10(2)6-15-8-12(14-9-15)19(17,18)16-5-4-13-11(3)7-16/h8-11,13H,4-7H2,1-3H3. The molecule has 6 nitrogen and oxygen atoms in total. The number of hydrogen-bond acceptors (Lipinski definition) is 4. The van der Waals surface area contributed by atoms with Crippen LogP contribution < -0.4 is 5.32 Å². The molecule has 0 radical (unpaired) electrons. The van der Waals surface area contributed by atoms with E-state index in [0.717, 1.165) is 6.54 Å². The van der Waals surface area contributed by atoms with Gasteiger partial charge in [0.2, 0.25) is 0 Å². The average Bonchev–Trinajstić information content (AvgIpc) is 2.77. The number of hydrogen-bond donors (Lipinski definition) is 1. The van der Waals surface area contributed by atoms with Crippen molar-refractivity contribution >= 4 is 10.0 Å². The molecule has 0 aromatic carbocycles. The fourth-order valence-corrected chi connectivity index (χ4v) is 3.71. The zero-order chi connectivity index (χ0) is 14.0. The first kappa shape index (κ1) is 14.5. The molecule has 1 unspecified atom stereocenters. The first-order valence-corrected chi connectivity index (χ1v) is 8.09.